The third-order valence-corrected chi connectivity index (χ3v) is 5.51. The molecule has 0 saturated heterocycles. The zero-order valence-electron chi connectivity index (χ0n) is 12.0. The van der Waals surface area contributed by atoms with Crippen molar-refractivity contribution < 1.29 is 0 Å². The number of anilines is 1. The summed E-state index contributed by atoms with van der Waals surface area (Å²) in [7, 11) is 0. The summed E-state index contributed by atoms with van der Waals surface area (Å²) in [4.78, 5) is 0. The van der Waals surface area contributed by atoms with Crippen LogP contribution >= 0.6 is 0 Å². The minimum absolute atomic E-state index is 0.472. The van der Waals surface area contributed by atoms with Crippen molar-refractivity contribution in [2.45, 2.75) is 70.6 Å². The zero-order valence-corrected chi connectivity index (χ0v) is 12.0. The molecule has 0 bridgehead atoms. The van der Waals surface area contributed by atoms with Gasteiger partial charge in [-0.25, -0.2) is 0 Å². The fourth-order valence-corrected chi connectivity index (χ4v) is 4.43. The summed E-state index contributed by atoms with van der Waals surface area (Å²) in [6, 6.07) is 2.45. The van der Waals surface area contributed by atoms with E-state index in [9.17, 15) is 0 Å². The van der Waals surface area contributed by atoms with E-state index < -0.39 is 0 Å². The molecule has 1 saturated carbocycles. The normalized spacial score (nSPS) is 25.4. The molecular formula is C17H25N. The molecule has 1 nitrogen and oxygen atoms in total. The summed E-state index contributed by atoms with van der Waals surface area (Å²) in [6.07, 6.45) is 8.32. The third-order valence-electron chi connectivity index (χ3n) is 5.51. The number of nitrogens with two attached hydrogens (primary N) is 1. The average molecular weight is 243 g/mol. The Kier molecular flexibility index (Phi) is 2.69. The van der Waals surface area contributed by atoms with E-state index in [4.69, 9.17) is 5.73 Å². The molecule has 0 aromatic heterocycles. The van der Waals surface area contributed by atoms with Crippen LogP contribution in [0.25, 0.3) is 0 Å². The first-order chi connectivity index (χ1) is 8.55. The van der Waals surface area contributed by atoms with Crippen molar-refractivity contribution in [2.75, 3.05) is 5.73 Å². The molecule has 18 heavy (non-hydrogen) atoms. The Balaban J connectivity index is 2.18. The van der Waals surface area contributed by atoms with Crippen molar-refractivity contribution in [2.24, 2.45) is 0 Å². The molecule has 1 aromatic rings. The van der Waals surface area contributed by atoms with Gasteiger partial charge in [-0.3, -0.25) is 0 Å². The van der Waals surface area contributed by atoms with Gasteiger partial charge in [-0.1, -0.05) is 32.3 Å². The average Bonchev–Trinajstić information content (AvgIpc) is 2.60. The molecule has 0 heterocycles. The number of aryl methyl sites for hydroxylation is 1. The Morgan fingerprint density at radius 1 is 1.17 bits per heavy atom. The van der Waals surface area contributed by atoms with Gasteiger partial charge >= 0.3 is 0 Å². The highest BCUT2D eigenvalue weighted by Crippen LogP contribution is 2.55. The van der Waals surface area contributed by atoms with E-state index in [-0.39, 0.29) is 0 Å². The third kappa shape index (κ3) is 1.52. The van der Waals surface area contributed by atoms with E-state index in [0.717, 1.165) is 5.69 Å². The van der Waals surface area contributed by atoms with Crippen LogP contribution in [0.4, 0.5) is 5.69 Å². The Labute approximate surface area is 111 Å². The van der Waals surface area contributed by atoms with E-state index in [1.807, 2.05) is 0 Å². The number of hydrogen-bond acceptors (Lipinski definition) is 1. The molecule has 0 amide bonds. The maximum Gasteiger partial charge on any atom is 0.0384 e. The van der Waals surface area contributed by atoms with Crippen LogP contribution in [-0.4, -0.2) is 0 Å². The molecule has 1 fully saturated rings. The van der Waals surface area contributed by atoms with Crippen LogP contribution in [-0.2, 0) is 5.41 Å². The number of benzene rings is 1. The summed E-state index contributed by atoms with van der Waals surface area (Å²) in [5, 5.41) is 0. The van der Waals surface area contributed by atoms with Crippen molar-refractivity contribution >= 4 is 5.69 Å². The van der Waals surface area contributed by atoms with Crippen molar-refractivity contribution in [3.8, 4) is 0 Å². The summed E-state index contributed by atoms with van der Waals surface area (Å²) >= 11 is 0. The van der Waals surface area contributed by atoms with Crippen LogP contribution in [0.5, 0.6) is 0 Å². The van der Waals surface area contributed by atoms with Crippen LogP contribution in [0, 0.1) is 13.8 Å². The number of fused-ring (bicyclic) bond motifs is 2. The molecule has 2 N–H and O–H groups in total. The van der Waals surface area contributed by atoms with Gasteiger partial charge < -0.3 is 5.73 Å². The lowest BCUT2D eigenvalue weighted by molar-refractivity contribution is 0.282. The number of nitrogen functional groups attached to an aromatic ring is 1. The molecule has 2 aliphatic rings. The van der Waals surface area contributed by atoms with E-state index in [1.54, 1.807) is 5.56 Å². The fraction of sp³-hybridized carbons (Fsp3) is 0.647. The predicted molar refractivity (Wildman–Crippen MR) is 78.1 cm³/mol. The molecular weight excluding hydrogens is 218 g/mol. The van der Waals surface area contributed by atoms with Crippen LogP contribution in [0.3, 0.4) is 0 Å². The Bertz CT molecular complexity index is 481. The quantitative estimate of drug-likeness (QED) is 0.662. The summed E-state index contributed by atoms with van der Waals surface area (Å²) in [5.74, 6) is 0.650. The lowest BCUT2D eigenvalue weighted by Gasteiger charge is -2.35. The second-order valence-corrected chi connectivity index (χ2v) is 6.64. The maximum atomic E-state index is 6.42. The smallest absolute Gasteiger partial charge is 0.0384 e. The summed E-state index contributed by atoms with van der Waals surface area (Å²) in [5.41, 5.74) is 13.7. The van der Waals surface area contributed by atoms with E-state index in [1.165, 1.54) is 55.2 Å². The minimum Gasteiger partial charge on any atom is -0.398 e. The molecule has 1 spiro atoms. The first-order valence-electron chi connectivity index (χ1n) is 7.45. The molecule has 1 atom stereocenters. The second-order valence-electron chi connectivity index (χ2n) is 6.64. The molecule has 0 unspecified atom stereocenters. The van der Waals surface area contributed by atoms with Crippen LogP contribution in [0.1, 0.15) is 73.6 Å². The lowest BCUT2D eigenvalue weighted by atomic mass is 9.69. The topological polar surface area (TPSA) is 26.0 Å². The van der Waals surface area contributed by atoms with Crippen molar-refractivity contribution in [3.63, 3.8) is 0 Å². The predicted octanol–water partition coefficient (Wildman–Crippen LogP) is 4.59. The Morgan fingerprint density at radius 2 is 1.83 bits per heavy atom. The summed E-state index contributed by atoms with van der Waals surface area (Å²) < 4.78 is 0. The van der Waals surface area contributed by atoms with Crippen molar-refractivity contribution in [1.29, 1.82) is 0 Å². The van der Waals surface area contributed by atoms with E-state index in [0.29, 0.717) is 11.3 Å². The van der Waals surface area contributed by atoms with Crippen LogP contribution in [0.2, 0.25) is 0 Å². The standard InChI is InChI=1S/C17H25N/c1-11-9-14-15(16(18)13(11)3)12(2)10-17(14)7-5-4-6-8-17/h9,12H,4-8,10,18H2,1-3H3/t12-/m1/s1. The SMILES string of the molecule is Cc1cc2c(c(N)c1C)[C@H](C)CC21CCCCC1. The Morgan fingerprint density at radius 3 is 2.50 bits per heavy atom. The highest BCUT2D eigenvalue weighted by molar-refractivity contribution is 5.64. The van der Waals surface area contributed by atoms with Gasteiger partial charge in [0.2, 0.25) is 0 Å². The van der Waals surface area contributed by atoms with E-state index >= 15 is 0 Å². The first kappa shape index (κ1) is 12.1. The largest absolute Gasteiger partial charge is 0.398 e. The summed E-state index contributed by atoms with van der Waals surface area (Å²) in [6.45, 7) is 6.75. The first-order valence-corrected chi connectivity index (χ1v) is 7.45. The fourth-order valence-electron chi connectivity index (χ4n) is 4.43. The molecule has 98 valence electrons. The van der Waals surface area contributed by atoms with Gasteiger partial charge in [-0.05, 0) is 66.7 Å². The van der Waals surface area contributed by atoms with Gasteiger partial charge in [0.15, 0.2) is 0 Å². The van der Waals surface area contributed by atoms with E-state index in [2.05, 4.69) is 26.8 Å². The minimum atomic E-state index is 0.472. The zero-order chi connectivity index (χ0) is 12.9. The van der Waals surface area contributed by atoms with Gasteiger partial charge in [-0.2, -0.15) is 0 Å². The molecule has 3 rings (SSSR count). The van der Waals surface area contributed by atoms with Gasteiger partial charge in [0.1, 0.15) is 0 Å². The highest BCUT2D eigenvalue weighted by atomic mass is 14.6. The van der Waals surface area contributed by atoms with Crippen LogP contribution in [0.15, 0.2) is 6.07 Å². The van der Waals surface area contributed by atoms with Crippen LogP contribution < -0.4 is 5.73 Å². The van der Waals surface area contributed by atoms with Crippen molar-refractivity contribution in [3.05, 3.63) is 28.3 Å². The molecule has 1 aromatic carbocycles. The monoisotopic (exact) mass is 243 g/mol. The maximum absolute atomic E-state index is 6.42. The van der Waals surface area contributed by atoms with Gasteiger partial charge in [-0.15, -0.1) is 0 Å². The number of hydrogen-bond donors (Lipinski definition) is 1. The molecule has 2 aliphatic carbocycles. The van der Waals surface area contributed by atoms with Gasteiger partial charge in [0, 0.05) is 5.69 Å². The Hall–Kier alpha value is -0.980. The lowest BCUT2D eigenvalue weighted by Crippen LogP contribution is -2.26. The second kappa shape index (κ2) is 4.01. The van der Waals surface area contributed by atoms with Crippen molar-refractivity contribution in [1.82, 2.24) is 0 Å². The highest BCUT2D eigenvalue weighted by Gasteiger charge is 2.43. The molecule has 1 heteroatoms. The number of rotatable bonds is 0. The molecule has 0 aliphatic heterocycles. The molecule has 0 radical (unpaired) electrons. The van der Waals surface area contributed by atoms with Gasteiger partial charge in [0.05, 0.1) is 0 Å². The van der Waals surface area contributed by atoms with Gasteiger partial charge in [0.25, 0.3) is 0 Å².